The Balaban J connectivity index is 1.99. The Morgan fingerprint density at radius 3 is 2.54 bits per heavy atom. The molecule has 0 saturated carbocycles. The zero-order valence-electron chi connectivity index (χ0n) is 12.9. The van der Waals surface area contributed by atoms with Crippen LogP contribution in [0.2, 0.25) is 5.15 Å². The fraction of sp³-hybridized carbons (Fsp3) is 0.400. The van der Waals surface area contributed by atoms with Crippen LogP contribution in [-0.2, 0) is 0 Å². The Kier molecular flexibility index (Phi) is 4.25. The van der Waals surface area contributed by atoms with E-state index in [4.69, 9.17) is 21.1 Å². The van der Waals surface area contributed by atoms with Gasteiger partial charge in [0.2, 0.25) is 0 Å². The molecule has 2 aromatic rings. The number of nitrogens with one attached hydrogen (secondary N) is 1. The number of anilines is 1. The molecule has 24 heavy (non-hydrogen) atoms. The number of alkyl halides is 3. The van der Waals surface area contributed by atoms with E-state index in [1.807, 2.05) is 0 Å². The lowest BCUT2D eigenvalue weighted by molar-refractivity contribution is -0.173. The number of hydrogen-bond donors (Lipinski definition) is 1. The van der Waals surface area contributed by atoms with Gasteiger partial charge in [-0.2, -0.15) is 18.3 Å². The van der Waals surface area contributed by atoms with Crippen molar-refractivity contribution in [2.45, 2.75) is 24.7 Å². The molecule has 0 unspecified atom stereocenters. The minimum Gasteiger partial charge on any atom is -0.493 e. The molecule has 0 bridgehead atoms. The summed E-state index contributed by atoms with van der Waals surface area (Å²) in [6.45, 7) is 0. The Hall–Kier alpha value is -2.09. The third-order valence-corrected chi connectivity index (χ3v) is 4.15. The van der Waals surface area contributed by atoms with Gasteiger partial charge < -0.3 is 14.8 Å². The molecule has 0 radical (unpaired) electrons. The first-order chi connectivity index (χ1) is 11.3. The highest BCUT2D eigenvalue weighted by atomic mass is 35.5. The molecule has 2 heterocycles. The number of fused-ring (bicyclic) bond motifs is 1. The van der Waals surface area contributed by atoms with Gasteiger partial charge in [0.1, 0.15) is 5.82 Å². The van der Waals surface area contributed by atoms with Gasteiger partial charge in [0, 0.05) is 12.5 Å². The second-order valence-electron chi connectivity index (χ2n) is 5.40. The van der Waals surface area contributed by atoms with Crippen LogP contribution < -0.4 is 14.8 Å². The molecule has 0 aliphatic carbocycles. The van der Waals surface area contributed by atoms with Gasteiger partial charge in [0.05, 0.1) is 20.3 Å². The highest BCUT2D eigenvalue weighted by molar-refractivity contribution is 6.29. The number of aromatic nitrogens is 2. The summed E-state index contributed by atoms with van der Waals surface area (Å²) in [6.07, 6.45) is -4.63. The van der Waals surface area contributed by atoms with Crippen LogP contribution in [0.4, 0.5) is 19.0 Å². The van der Waals surface area contributed by atoms with Crippen molar-refractivity contribution >= 4 is 17.4 Å². The van der Waals surface area contributed by atoms with Gasteiger partial charge in [-0.05, 0) is 17.7 Å². The standard InChI is InChI=1S/C15H15ClF3N3O2/c1-23-10-4-3-8(5-11(10)24-2)9-6-12(15(17,18)19)22-14(20-9)7-13(16)21-22/h3-5,7,9,12,20H,6H2,1-2H3/t9-,12+/m1/s1. The monoisotopic (exact) mass is 361 g/mol. The smallest absolute Gasteiger partial charge is 0.410 e. The fourth-order valence-corrected chi connectivity index (χ4v) is 3.02. The molecule has 1 aromatic heterocycles. The van der Waals surface area contributed by atoms with Gasteiger partial charge in [-0.3, -0.25) is 0 Å². The van der Waals surface area contributed by atoms with Crippen LogP contribution in [-0.4, -0.2) is 30.2 Å². The lowest BCUT2D eigenvalue weighted by Gasteiger charge is -2.33. The molecule has 1 aromatic carbocycles. The minimum absolute atomic E-state index is 0.0136. The number of ether oxygens (including phenoxy) is 2. The van der Waals surface area contributed by atoms with Crippen LogP contribution >= 0.6 is 11.6 Å². The number of methoxy groups -OCH3 is 2. The van der Waals surface area contributed by atoms with Crippen molar-refractivity contribution in [1.82, 2.24) is 9.78 Å². The van der Waals surface area contributed by atoms with E-state index in [0.29, 0.717) is 17.1 Å². The minimum atomic E-state index is -4.43. The Morgan fingerprint density at radius 2 is 1.92 bits per heavy atom. The summed E-state index contributed by atoms with van der Waals surface area (Å²) in [7, 11) is 2.97. The average molecular weight is 362 g/mol. The van der Waals surface area contributed by atoms with Gasteiger partial charge in [-0.15, -0.1) is 0 Å². The summed E-state index contributed by atoms with van der Waals surface area (Å²) < 4.78 is 51.5. The van der Waals surface area contributed by atoms with Crippen molar-refractivity contribution in [1.29, 1.82) is 0 Å². The van der Waals surface area contributed by atoms with E-state index in [1.165, 1.54) is 20.3 Å². The maximum Gasteiger partial charge on any atom is 0.410 e. The van der Waals surface area contributed by atoms with E-state index < -0.39 is 18.3 Å². The Morgan fingerprint density at radius 1 is 1.21 bits per heavy atom. The molecule has 130 valence electrons. The molecule has 5 nitrogen and oxygen atoms in total. The summed E-state index contributed by atoms with van der Waals surface area (Å²) in [4.78, 5) is 0. The molecule has 3 rings (SSSR count). The largest absolute Gasteiger partial charge is 0.493 e. The summed E-state index contributed by atoms with van der Waals surface area (Å²) in [5.41, 5.74) is 0.658. The predicted molar refractivity (Wildman–Crippen MR) is 82.9 cm³/mol. The van der Waals surface area contributed by atoms with Crippen molar-refractivity contribution in [3.8, 4) is 11.5 Å². The molecule has 9 heteroatoms. The fourth-order valence-electron chi connectivity index (χ4n) is 2.83. The zero-order valence-corrected chi connectivity index (χ0v) is 13.6. The summed E-state index contributed by atoms with van der Waals surface area (Å²) in [6, 6.07) is 4.11. The third kappa shape index (κ3) is 2.98. The predicted octanol–water partition coefficient (Wildman–Crippen LogP) is 4.21. The van der Waals surface area contributed by atoms with Crippen LogP contribution in [0.1, 0.15) is 24.1 Å². The molecule has 1 aliphatic rings. The average Bonchev–Trinajstić information content (AvgIpc) is 2.92. The second-order valence-corrected chi connectivity index (χ2v) is 5.79. The lowest BCUT2D eigenvalue weighted by atomic mass is 9.96. The number of rotatable bonds is 3. The highest BCUT2D eigenvalue weighted by Gasteiger charge is 2.46. The van der Waals surface area contributed by atoms with Crippen LogP contribution in [0.25, 0.3) is 0 Å². The first-order valence-corrected chi connectivity index (χ1v) is 7.51. The van der Waals surface area contributed by atoms with Gasteiger partial charge in [-0.25, -0.2) is 4.68 Å². The molecule has 2 atom stereocenters. The van der Waals surface area contributed by atoms with Gasteiger partial charge in [-0.1, -0.05) is 17.7 Å². The molecule has 0 spiro atoms. The third-order valence-electron chi connectivity index (χ3n) is 3.97. The van der Waals surface area contributed by atoms with Gasteiger partial charge >= 0.3 is 6.18 Å². The SMILES string of the molecule is COc1ccc([C@H]2C[C@@H](C(F)(F)F)n3nc(Cl)cc3N2)cc1OC. The van der Waals surface area contributed by atoms with Crippen LogP contribution in [0, 0.1) is 0 Å². The van der Waals surface area contributed by atoms with Crippen molar-refractivity contribution in [2.75, 3.05) is 19.5 Å². The summed E-state index contributed by atoms with van der Waals surface area (Å²) in [5, 5.41) is 6.80. The number of nitrogens with zero attached hydrogens (tertiary/aromatic N) is 2. The molecule has 0 saturated heterocycles. The van der Waals surface area contributed by atoms with E-state index in [1.54, 1.807) is 18.2 Å². The number of halogens is 4. The van der Waals surface area contributed by atoms with Gasteiger partial charge in [0.25, 0.3) is 0 Å². The topological polar surface area (TPSA) is 48.3 Å². The Bertz CT molecular complexity index is 748. The van der Waals surface area contributed by atoms with E-state index in [0.717, 1.165) is 4.68 Å². The molecule has 1 aliphatic heterocycles. The van der Waals surface area contributed by atoms with Crippen molar-refractivity contribution in [2.24, 2.45) is 0 Å². The zero-order chi connectivity index (χ0) is 17.5. The van der Waals surface area contributed by atoms with Gasteiger partial charge in [0.15, 0.2) is 22.7 Å². The Labute approximate surface area is 141 Å². The second kappa shape index (κ2) is 6.08. The maximum atomic E-state index is 13.4. The highest BCUT2D eigenvalue weighted by Crippen LogP contribution is 2.45. The molecular weight excluding hydrogens is 347 g/mol. The van der Waals surface area contributed by atoms with E-state index in [9.17, 15) is 13.2 Å². The van der Waals surface area contributed by atoms with Crippen LogP contribution in [0.3, 0.4) is 0 Å². The normalized spacial score (nSPS) is 20.2. The van der Waals surface area contributed by atoms with Crippen LogP contribution in [0.15, 0.2) is 24.3 Å². The number of hydrogen-bond acceptors (Lipinski definition) is 4. The lowest BCUT2D eigenvalue weighted by Crippen LogP contribution is -2.35. The molecule has 0 amide bonds. The summed E-state index contributed by atoms with van der Waals surface area (Å²) in [5.74, 6) is 1.20. The maximum absolute atomic E-state index is 13.4. The van der Waals surface area contributed by atoms with E-state index in [-0.39, 0.29) is 17.4 Å². The molecular formula is C15H15ClF3N3O2. The van der Waals surface area contributed by atoms with Crippen molar-refractivity contribution < 1.29 is 22.6 Å². The summed E-state index contributed by atoms with van der Waals surface area (Å²) >= 11 is 5.77. The first-order valence-electron chi connectivity index (χ1n) is 7.13. The van der Waals surface area contributed by atoms with Crippen molar-refractivity contribution in [3.63, 3.8) is 0 Å². The van der Waals surface area contributed by atoms with E-state index >= 15 is 0 Å². The number of benzene rings is 1. The molecule has 0 fully saturated rings. The van der Waals surface area contributed by atoms with Crippen LogP contribution in [0.5, 0.6) is 11.5 Å². The first kappa shape index (κ1) is 16.8. The van der Waals surface area contributed by atoms with E-state index in [2.05, 4.69) is 10.4 Å². The quantitative estimate of drug-likeness (QED) is 0.889. The van der Waals surface area contributed by atoms with Crippen molar-refractivity contribution in [3.05, 3.63) is 35.0 Å². The molecule has 1 N–H and O–H groups in total.